The number of aliphatic hydroxyl groups excluding tert-OH is 2. The predicted molar refractivity (Wildman–Crippen MR) is 118 cm³/mol. The molecular formula is C25H40O6. The van der Waals surface area contributed by atoms with Gasteiger partial charge in [0.15, 0.2) is 0 Å². The molecule has 0 saturated heterocycles. The molecule has 1 aliphatic heterocycles. The van der Waals surface area contributed by atoms with Crippen LogP contribution in [0.4, 0.5) is 0 Å². The third-order valence-corrected chi connectivity index (χ3v) is 8.81. The Balaban J connectivity index is 1.79. The quantitative estimate of drug-likeness (QED) is 0.493. The van der Waals surface area contributed by atoms with Gasteiger partial charge in [0.25, 0.3) is 0 Å². The monoisotopic (exact) mass is 436 g/mol. The fourth-order valence-corrected chi connectivity index (χ4v) is 6.70. The van der Waals surface area contributed by atoms with Crippen molar-refractivity contribution < 1.29 is 30.0 Å². The second-order valence-corrected chi connectivity index (χ2v) is 11.5. The van der Waals surface area contributed by atoms with Crippen molar-refractivity contribution in [3.8, 4) is 0 Å². The first-order chi connectivity index (χ1) is 14.1. The van der Waals surface area contributed by atoms with Gasteiger partial charge in [0.1, 0.15) is 11.9 Å². The van der Waals surface area contributed by atoms with Gasteiger partial charge < -0.3 is 25.2 Å². The summed E-state index contributed by atoms with van der Waals surface area (Å²) in [6.07, 6.45) is 5.08. The lowest BCUT2D eigenvalue weighted by Crippen LogP contribution is -2.60. The van der Waals surface area contributed by atoms with Crippen molar-refractivity contribution in [3.05, 3.63) is 23.5 Å². The molecule has 3 rings (SSSR count). The Morgan fingerprint density at radius 1 is 1.26 bits per heavy atom. The highest BCUT2D eigenvalue weighted by atomic mass is 16.5. The van der Waals surface area contributed by atoms with Gasteiger partial charge in [-0.3, -0.25) is 0 Å². The number of cyclic esters (lactones) is 1. The second kappa shape index (κ2) is 7.98. The van der Waals surface area contributed by atoms with Crippen LogP contribution in [0, 0.1) is 22.7 Å². The van der Waals surface area contributed by atoms with Crippen LogP contribution < -0.4 is 0 Å². The van der Waals surface area contributed by atoms with Crippen LogP contribution in [0.5, 0.6) is 0 Å². The van der Waals surface area contributed by atoms with Crippen LogP contribution in [0.15, 0.2) is 23.5 Å². The molecule has 0 radical (unpaired) electrons. The first kappa shape index (κ1) is 24.4. The Morgan fingerprint density at radius 3 is 2.48 bits per heavy atom. The Labute approximate surface area is 186 Å². The second-order valence-electron chi connectivity index (χ2n) is 11.5. The fourth-order valence-electron chi connectivity index (χ4n) is 6.70. The SMILES string of the molecule is CC1=CC(=O)O/C1=C/[C@H](O)[C@](C)(O)CC[C@@H]1[C@@]2(C)CC[C@H](O)C(C)(C)C2CC[C@@]1(C)O. The summed E-state index contributed by atoms with van der Waals surface area (Å²) in [7, 11) is 0. The van der Waals surface area contributed by atoms with Crippen molar-refractivity contribution in [1.82, 2.24) is 0 Å². The molecule has 6 nitrogen and oxygen atoms in total. The van der Waals surface area contributed by atoms with Gasteiger partial charge in [0.2, 0.25) is 0 Å². The minimum Gasteiger partial charge on any atom is -0.423 e. The van der Waals surface area contributed by atoms with Crippen LogP contribution in [0.1, 0.15) is 80.1 Å². The average molecular weight is 437 g/mol. The van der Waals surface area contributed by atoms with Crippen molar-refractivity contribution in [1.29, 1.82) is 0 Å². The van der Waals surface area contributed by atoms with E-state index < -0.39 is 23.3 Å². The van der Waals surface area contributed by atoms with E-state index in [1.807, 2.05) is 6.92 Å². The number of allylic oxidation sites excluding steroid dienone is 1. The number of carbonyl (C=O) groups is 1. The molecule has 0 aromatic carbocycles. The highest BCUT2D eigenvalue weighted by molar-refractivity contribution is 5.88. The summed E-state index contributed by atoms with van der Waals surface area (Å²) in [4.78, 5) is 11.4. The fraction of sp³-hybridized carbons (Fsp3) is 0.800. The van der Waals surface area contributed by atoms with Crippen molar-refractivity contribution in [3.63, 3.8) is 0 Å². The molecule has 3 aliphatic rings. The maximum Gasteiger partial charge on any atom is 0.336 e. The number of carbonyl (C=O) groups excluding carboxylic acids is 1. The third kappa shape index (κ3) is 4.37. The van der Waals surface area contributed by atoms with E-state index in [1.54, 1.807) is 13.8 Å². The molecule has 7 atom stereocenters. The van der Waals surface area contributed by atoms with Crippen LogP contribution in [-0.2, 0) is 9.53 Å². The lowest BCUT2D eigenvalue weighted by atomic mass is 9.44. The van der Waals surface area contributed by atoms with Gasteiger partial charge in [-0.25, -0.2) is 4.79 Å². The smallest absolute Gasteiger partial charge is 0.336 e. The lowest BCUT2D eigenvalue weighted by Gasteiger charge is -2.62. The molecule has 2 saturated carbocycles. The Morgan fingerprint density at radius 2 is 1.90 bits per heavy atom. The zero-order chi connectivity index (χ0) is 23.4. The normalized spacial score (nSPS) is 41.9. The molecule has 1 heterocycles. The van der Waals surface area contributed by atoms with Gasteiger partial charge in [-0.1, -0.05) is 20.8 Å². The van der Waals surface area contributed by atoms with Crippen LogP contribution in [-0.4, -0.2) is 49.8 Å². The topological polar surface area (TPSA) is 107 Å². The maximum absolute atomic E-state index is 11.4. The molecule has 0 bridgehead atoms. The predicted octanol–water partition coefficient (Wildman–Crippen LogP) is 3.23. The van der Waals surface area contributed by atoms with Gasteiger partial charge in [-0.05, 0) is 93.6 Å². The number of ether oxygens (including phenoxy) is 1. The third-order valence-electron chi connectivity index (χ3n) is 8.81. The molecule has 2 aliphatic carbocycles. The Bertz CT molecular complexity index is 777. The van der Waals surface area contributed by atoms with E-state index in [0.29, 0.717) is 31.3 Å². The largest absolute Gasteiger partial charge is 0.423 e. The van der Waals surface area contributed by atoms with E-state index in [4.69, 9.17) is 4.74 Å². The van der Waals surface area contributed by atoms with E-state index in [-0.39, 0.29) is 34.5 Å². The van der Waals surface area contributed by atoms with E-state index in [9.17, 15) is 25.2 Å². The lowest BCUT2D eigenvalue weighted by molar-refractivity contribution is -0.199. The van der Waals surface area contributed by atoms with Crippen LogP contribution in [0.2, 0.25) is 0 Å². The number of aliphatic hydroxyl groups is 4. The van der Waals surface area contributed by atoms with Crippen molar-refractivity contribution in [2.75, 3.05) is 0 Å². The van der Waals surface area contributed by atoms with Gasteiger partial charge in [-0.15, -0.1) is 0 Å². The van der Waals surface area contributed by atoms with Gasteiger partial charge in [-0.2, -0.15) is 0 Å². The molecule has 1 unspecified atom stereocenters. The molecule has 0 spiro atoms. The maximum atomic E-state index is 11.4. The van der Waals surface area contributed by atoms with Crippen LogP contribution in [0.3, 0.4) is 0 Å². The first-order valence-electron chi connectivity index (χ1n) is 11.5. The highest BCUT2D eigenvalue weighted by Crippen LogP contribution is 2.63. The summed E-state index contributed by atoms with van der Waals surface area (Å²) in [5, 5.41) is 43.7. The van der Waals surface area contributed by atoms with E-state index in [2.05, 4.69) is 20.8 Å². The summed E-state index contributed by atoms with van der Waals surface area (Å²) in [5.74, 6) is 0.00633. The molecule has 31 heavy (non-hydrogen) atoms. The number of rotatable bonds is 5. The van der Waals surface area contributed by atoms with Crippen LogP contribution >= 0.6 is 0 Å². The summed E-state index contributed by atoms with van der Waals surface area (Å²) in [5.41, 5.74) is -2.09. The molecule has 0 aromatic heterocycles. The highest BCUT2D eigenvalue weighted by Gasteiger charge is 2.60. The average Bonchev–Trinajstić information content (AvgIpc) is 2.94. The Kier molecular flexibility index (Phi) is 6.29. The molecule has 0 aromatic rings. The minimum absolute atomic E-state index is 0.0669. The van der Waals surface area contributed by atoms with Crippen molar-refractivity contribution >= 4 is 5.97 Å². The van der Waals surface area contributed by atoms with Gasteiger partial charge >= 0.3 is 5.97 Å². The number of hydrogen-bond donors (Lipinski definition) is 4. The minimum atomic E-state index is -1.44. The van der Waals surface area contributed by atoms with Crippen LogP contribution in [0.25, 0.3) is 0 Å². The van der Waals surface area contributed by atoms with E-state index in [0.717, 1.165) is 12.8 Å². The molecule has 6 heteroatoms. The molecule has 4 N–H and O–H groups in total. The number of esters is 1. The summed E-state index contributed by atoms with van der Waals surface area (Å²) < 4.78 is 5.08. The molecule has 2 fully saturated rings. The zero-order valence-corrected chi connectivity index (χ0v) is 19.8. The van der Waals surface area contributed by atoms with Crippen molar-refractivity contribution in [2.24, 2.45) is 22.7 Å². The first-order valence-corrected chi connectivity index (χ1v) is 11.5. The zero-order valence-electron chi connectivity index (χ0n) is 19.8. The molecule has 176 valence electrons. The summed E-state index contributed by atoms with van der Waals surface area (Å²) >= 11 is 0. The van der Waals surface area contributed by atoms with E-state index in [1.165, 1.54) is 12.2 Å². The van der Waals surface area contributed by atoms with Crippen molar-refractivity contribution in [2.45, 2.75) is 103 Å². The number of hydrogen-bond acceptors (Lipinski definition) is 6. The van der Waals surface area contributed by atoms with E-state index >= 15 is 0 Å². The molecule has 0 amide bonds. The van der Waals surface area contributed by atoms with Gasteiger partial charge in [0, 0.05) is 6.08 Å². The number of fused-ring (bicyclic) bond motifs is 1. The van der Waals surface area contributed by atoms with Gasteiger partial charge in [0.05, 0.1) is 17.3 Å². The standard InChI is InChI=1S/C25H40O6/c1-15-13-21(28)31-16(15)14-20(27)25(6,30)12-8-18-23(4)10-9-19(26)22(2,3)17(23)7-11-24(18,5)29/h13-14,17-20,26-27,29-30H,7-12H2,1-6H3/b16-14+/t17?,18-,19+,20+,23+,24-,25-/m1/s1. The molecular weight excluding hydrogens is 396 g/mol. The summed E-state index contributed by atoms with van der Waals surface area (Å²) in [6, 6.07) is 0. The summed E-state index contributed by atoms with van der Waals surface area (Å²) in [6.45, 7) is 11.7. The Hall–Kier alpha value is -1.21.